The number of fused-ring (bicyclic) bond motifs is 7. The topological polar surface area (TPSA) is 35.6 Å². The summed E-state index contributed by atoms with van der Waals surface area (Å²) in [5.74, 6) is 0. The minimum atomic E-state index is 0.944. The lowest BCUT2D eigenvalue weighted by molar-refractivity contribution is 1.17. The van der Waals surface area contributed by atoms with Crippen LogP contribution in [0, 0.1) is 0 Å². The molecule has 68 heavy (non-hydrogen) atoms. The van der Waals surface area contributed by atoms with Crippen molar-refractivity contribution in [1.82, 2.24) is 19.1 Å². The molecule has 0 saturated carbocycles. The van der Waals surface area contributed by atoms with Crippen molar-refractivity contribution in [3.8, 4) is 78.7 Å². The minimum absolute atomic E-state index is 0.944. The van der Waals surface area contributed by atoms with E-state index >= 15 is 0 Å². The predicted molar refractivity (Wildman–Crippen MR) is 283 cm³/mol. The number of pyridine rings is 2. The zero-order valence-electron chi connectivity index (χ0n) is 37.0. The van der Waals surface area contributed by atoms with Crippen molar-refractivity contribution in [2.75, 3.05) is 0 Å². The van der Waals surface area contributed by atoms with Crippen molar-refractivity contribution in [1.29, 1.82) is 0 Å². The smallest absolute Gasteiger partial charge is 0.0715 e. The van der Waals surface area contributed by atoms with Crippen LogP contribution in [0.4, 0.5) is 0 Å². The molecule has 0 fully saturated rings. The Labute approximate surface area is 394 Å². The molecule has 0 spiro atoms. The molecule has 0 aliphatic heterocycles. The van der Waals surface area contributed by atoms with Gasteiger partial charge < -0.3 is 9.13 Å². The van der Waals surface area contributed by atoms with Crippen LogP contribution in [0.25, 0.3) is 122 Å². The van der Waals surface area contributed by atoms with Crippen LogP contribution in [0.1, 0.15) is 0 Å². The SMILES string of the molecule is c1ccc(-c2cc(-c3cccc(-n4c5ccccc5c5c4ccc4c6ccccc6n(-c6cccc(-c7cc(-c8ccccc8)nc(-c8ccccc8)c7)c6)c45)c3)cc(-c3ccccc3)n2)cc1. The largest absolute Gasteiger partial charge is 0.309 e. The number of benzene rings is 9. The van der Waals surface area contributed by atoms with E-state index in [1.807, 2.05) is 0 Å². The fourth-order valence-electron chi connectivity index (χ4n) is 10.1. The lowest BCUT2D eigenvalue weighted by atomic mass is 9.99. The van der Waals surface area contributed by atoms with Crippen molar-refractivity contribution in [3.63, 3.8) is 0 Å². The first kappa shape index (κ1) is 39.3. The fraction of sp³-hybridized carbons (Fsp3) is 0. The summed E-state index contributed by atoms with van der Waals surface area (Å²) in [6, 6.07) is 91.1. The van der Waals surface area contributed by atoms with Crippen molar-refractivity contribution < 1.29 is 0 Å². The van der Waals surface area contributed by atoms with Crippen LogP contribution in [0.15, 0.2) is 255 Å². The standard InChI is InChI=1S/C64H42N4/c1-5-19-43(20-6-1)56-39-49(40-57(65-56)44-21-7-2-8-22-44)47-27-17-29-51(37-47)67-61-34-16-14-32-55(61)63-62(67)36-35-54-53-31-13-15-33-60(53)68(64(54)63)52-30-18-28-48(38-52)50-41-58(45-23-9-3-10-24-45)66-59(42-50)46-25-11-4-12-26-46/h1-42H. The van der Waals surface area contributed by atoms with Gasteiger partial charge in [-0.2, -0.15) is 0 Å². The van der Waals surface area contributed by atoms with Gasteiger partial charge in [0.1, 0.15) is 0 Å². The number of aromatic nitrogens is 4. The quantitative estimate of drug-likeness (QED) is 0.153. The van der Waals surface area contributed by atoms with E-state index in [1.165, 1.54) is 27.1 Å². The molecule has 13 aromatic rings. The van der Waals surface area contributed by atoms with Crippen LogP contribution in [0.5, 0.6) is 0 Å². The summed E-state index contributed by atoms with van der Waals surface area (Å²) in [4.78, 5) is 10.4. The van der Waals surface area contributed by atoms with E-state index in [-0.39, 0.29) is 0 Å². The third-order valence-electron chi connectivity index (χ3n) is 13.3. The van der Waals surface area contributed by atoms with E-state index in [1.54, 1.807) is 0 Å². The molecule has 9 aromatic carbocycles. The van der Waals surface area contributed by atoms with Gasteiger partial charge in [-0.1, -0.05) is 188 Å². The summed E-state index contributed by atoms with van der Waals surface area (Å²) in [6.07, 6.45) is 0. The highest BCUT2D eigenvalue weighted by molar-refractivity contribution is 6.26. The number of hydrogen-bond acceptors (Lipinski definition) is 2. The molecule has 0 aliphatic rings. The molecule has 0 amide bonds. The van der Waals surface area contributed by atoms with E-state index in [0.29, 0.717) is 0 Å². The Balaban J connectivity index is 1.01. The monoisotopic (exact) mass is 866 g/mol. The van der Waals surface area contributed by atoms with Crippen molar-refractivity contribution in [2.45, 2.75) is 0 Å². The van der Waals surface area contributed by atoms with Gasteiger partial charge in [-0.15, -0.1) is 0 Å². The van der Waals surface area contributed by atoms with Gasteiger partial charge in [0.05, 0.1) is 44.8 Å². The van der Waals surface area contributed by atoms with Gasteiger partial charge in [0.25, 0.3) is 0 Å². The molecule has 0 unspecified atom stereocenters. The Morgan fingerprint density at radius 3 is 1.09 bits per heavy atom. The predicted octanol–water partition coefficient (Wildman–Crippen LogP) is 16.7. The van der Waals surface area contributed by atoms with Gasteiger partial charge >= 0.3 is 0 Å². The van der Waals surface area contributed by atoms with E-state index in [0.717, 1.165) is 95.2 Å². The molecule has 0 N–H and O–H groups in total. The molecule has 0 atom stereocenters. The number of nitrogens with zero attached hydrogens (tertiary/aromatic N) is 4. The average Bonchev–Trinajstić information content (AvgIpc) is 3.95. The van der Waals surface area contributed by atoms with Crippen molar-refractivity contribution in [2.24, 2.45) is 0 Å². The van der Waals surface area contributed by atoms with Crippen LogP contribution < -0.4 is 0 Å². The molecule has 4 heterocycles. The maximum Gasteiger partial charge on any atom is 0.0715 e. The second kappa shape index (κ2) is 16.4. The Hall–Kier alpha value is -9.12. The van der Waals surface area contributed by atoms with Gasteiger partial charge in [-0.3, -0.25) is 0 Å². The summed E-state index contributed by atoms with van der Waals surface area (Å²) in [5.41, 5.74) is 19.4. The normalized spacial score (nSPS) is 11.5. The van der Waals surface area contributed by atoms with Gasteiger partial charge in [0.15, 0.2) is 0 Å². The molecule has 0 bridgehead atoms. The van der Waals surface area contributed by atoms with Gasteiger partial charge in [-0.25, -0.2) is 9.97 Å². The molecular weight excluding hydrogens is 825 g/mol. The first-order valence-corrected chi connectivity index (χ1v) is 23.1. The van der Waals surface area contributed by atoms with E-state index in [9.17, 15) is 0 Å². The molecule has 4 aromatic heterocycles. The summed E-state index contributed by atoms with van der Waals surface area (Å²) in [7, 11) is 0. The molecule has 0 radical (unpaired) electrons. The number of para-hydroxylation sites is 2. The summed E-state index contributed by atoms with van der Waals surface area (Å²) in [6.45, 7) is 0. The highest BCUT2D eigenvalue weighted by atomic mass is 15.0. The van der Waals surface area contributed by atoms with Crippen LogP contribution in [-0.2, 0) is 0 Å². The number of hydrogen-bond donors (Lipinski definition) is 0. The van der Waals surface area contributed by atoms with E-state index in [2.05, 4.69) is 264 Å². The molecule has 318 valence electrons. The lowest BCUT2D eigenvalue weighted by Gasteiger charge is -2.14. The third-order valence-corrected chi connectivity index (χ3v) is 13.3. The second-order valence-electron chi connectivity index (χ2n) is 17.4. The Bertz CT molecular complexity index is 3890. The lowest BCUT2D eigenvalue weighted by Crippen LogP contribution is -1.97. The van der Waals surface area contributed by atoms with E-state index < -0.39 is 0 Å². The average molecular weight is 867 g/mol. The molecule has 13 rings (SSSR count). The molecule has 4 nitrogen and oxygen atoms in total. The van der Waals surface area contributed by atoms with E-state index in [4.69, 9.17) is 9.97 Å². The zero-order valence-corrected chi connectivity index (χ0v) is 37.0. The summed E-state index contributed by atoms with van der Waals surface area (Å²) in [5, 5.41) is 4.86. The summed E-state index contributed by atoms with van der Waals surface area (Å²) >= 11 is 0. The highest BCUT2D eigenvalue weighted by Gasteiger charge is 2.22. The molecule has 0 aliphatic carbocycles. The third kappa shape index (κ3) is 6.78. The Morgan fingerprint density at radius 1 is 0.235 bits per heavy atom. The van der Waals surface area contributed by atoms with Crippen LogP contribution >= 0.6 is 0 Å². The number of rotatable bonds is 8. The zero-order chi connectivity index (χ0) is 45.0. The minimum Gasteiger partial charge on any atom is -0.309 e. The van der Waals surface area contributed by atoms with Crippen LogP contribution in [0.3, 0.4) is 0 Å². The highest BCUT2D eigenvalue weighted by Crippen LogP contribution is 2.43. The Kier molecular flexibility index (Phi) is 9.47. The molecule has 0 saturated heterocycles. The molecule has 4 heteroatoms. The maximum absolute atomic E-state index is 5.19. The Morgan fingerprint density at radius 2 is 0.618 bits per heavy atom. The second-order valence-corrected chi connectivity index (χ2v) is 17.4. The molecular formula is C64H42N4. The van der Waals surface area contributed by atoms with Crippen molar-refractivity contribution in [3.05, 3.63) is 255 Å². The van der Waals surface area contributed by atoms with Crippen LogP contribution in [-0.4, -0.2) is 19.1 Å². The van der Waals surface area contributed by atoms with Gasteiger partial charge in [-0.05, 0) is 89.0 Å². The first-order valence-electron chi connectivity index (χ1n) is 23.1. The maximum atomic E-state index is 5.19. The van der Waals surface area contributed by atoms with Gasteiger partial charge in [0.2, 0.25) is 0 Å². The first-order chi connectivity index (χ1) is 33.7. The summed E-state index contributed by atoms with van der Waals surface area (Å²) < 4.78 is 4.92. The van der Waals surface area contributed by atoms with Crippen molar-refractivity contribution >= 4 is 43.6 Å². The fourth-order valence-corrected chi connectivity index (χ4v) is 10.1. The van der Waals surface area contributed by atoms with Gasteiger partial charge in [0, 0.05) is 55.2 Å². The van der Waals surface area contributed by atoms with Crippen LogP contribution in [0.2, 0.25) is 0 Å².